The first-order chi connectivity index (χ1) is 11.2. The number of aromatic nitrogens is 4. The van der Waals surface area contributed by atoms with Crippen LogP contribution in [0.15, 0.2) is 60.9 Å². The minimum absolute atomic E-state index is 0.191. The Labute approximate surface area is 138 Å². The van der Waals surface area contributed by atoms with Crippen LogP contribution in [0.3, 0.4) is 0 Å². The average Bonchev–Trinajstić information content (AvgIpc) is 3.10. The van der Waals surface area contributed by atoms with Gasteiger partial charge in [0, 0.05) is 17.1 Å². The number of carbonyl (C=O) groups is 1. The fourth-order valence-corrected chi connectivity index (χ4v) is 2.34. The Morgan fingerprint density at radius 3 is 2.52 bits per heavy atom. The lowest BCUT2D eigenvalue weighted by Gasteiger charge is -2.16. The van der Waals surface area contributed by atoms with Crippen LogP contribution < -0.4 is 5.32 Å². The number of nitrogens with zero attached hydrogens (tertiary/aromatic N) is 4. The molecule has 0 fully saturated rings. The summed E-state index contributed by atoms with van der Waals surface area (Å²) in [6.07, 6.45) is 1.93. The van der Waals surface area contributed by atoms with Crippen LogP contribution >= 0.6 is 11.6 Å². The lowest BCUT2D eigenvalue weighted by Crippen LogP contribution is -2.28. The fourth-order valence-electron chi connectivity index (χ4n) is 2.21. The smallest absolute Gasteiger partial charge is 0.249 e. The quantitative estimate of drug-likeness (QED) is 0.782. The summed E-state index contributed by atoms with van der Waals surface area (Å²) in [7, 11) is 0. The highest BCUT2D eigenvalue weighted by Crippen LogP contribution is 2.18. The van der Waals surface area contributed by atoms with Gasteiger partial charge >= 0.3 is 0 Å². The van der Waals surface area contributed by atoms with Gasteiger partial charge in [0.25, 0.3) is 0 Å². The number of tetrazole rings is 1. The molecule has 1 N–H and O–H groups in total. The van der Waals surface area contributed by atoms with Crippen molar-refractivity contribution in [3.05, 3.63) is 71.5 Å². The molecular formula is C16H14ClN5O. The zero-order chi connectivity index (χ0) is 16.1. The van der Waals surface area contributed by atoms with Crippen molar-refractivity contribution in [2.75, 3.05) is 5.32 Å². The molecule has 0 aliphatic heterocycles. The first-order valence-electron chi connectivity index (χ1n) is 7.05. The second-order valence-corrected chi connectivity index (χ2v) is 5.43. The molecule has 1 amide bonds. The summed E-state index contributed by atoms with van der Waals surface area (Å²) in [6, 6.07) is 16.1. The largest absolute Gasteiger partial charge is 0.324 e. The van der Waals surface area contributed by atoms with Crippen molar-refractivity contribution in [3.8, 4) is 0 Å². The number of hydrogen-bond donors (Lipinski definition) is 1. The van der Waals surface area contributed by atoms with Crippen molar-refractivity contribution in [1.82, 2.24) is 20.2 Å². The SMILES string of the molecule is O=C(Nc1ccc(Cl)cc1)C(Cc1ccccc1)n1cnnn1. The zero-order valence-electron chi connectivity index (χ0n) is 12.1. The molecule has 23 heavy (non-hydrogen) atoms. The molecular weight excluding hydrogens is 314 g/mol. The molecule has 6 nitrogen and oxygen atoms in total. The fraction of sp³-hybridized carbons (Fsp3) is 0.125. The van der Waals surface area contributed by atoms with Crippen LogP contribution in [0.2, 0.25) is 5.02 Å². The lowest BCUT2D eigenvalue weighted by molar-refractivity contribution is -0.119. The van der Waals surface area contributed by atoms with Crippen LogP contribution in [0.25, 0.3) is 0 Å². The first-order valence-corrected chi connectivity index (χ1v) is 7.43. The van der Waals surface area contributed by atoms with Crippen LogP contribution in [0.5, 0.6) is 0 Å². The van der Waals surface area contributed by atoms with Gasteiger partial charge in [-0.1, -0.05) is 41.9 Å². The van der Waals surface area contributed by atoms with E-state index < -0.39 is 6.04 Å². The second-order valence-electron chi connectivity index (χ2n) is 4.99. The average molecular weight is 328 g/mol. The third kappa shape index (κ3) is 3.92. The molecule has 0 aliphatic rings. The number of nitrogens with one attached hydrogen (secondary N) is 1. The molecule has 0 aliphatic carbocycles. The predicted octanol–water partition coefficient (Wildman–Crippen LogP) is 2.75. The van der Waals surface area contributed by atoms with E-state index in [2.05, 4.69) is 20.8 Å². The molecule has 1 unspecified atom stereocenters. The van der Waals surface area contributed by atoms with Crippen LogP contribution in [0, 0.1) is 0 Å². The Balaban J connectivity index is 1.80. The summed E-state index contributed by atoms with van der Waals surface area (Å²) >= 11 is 5.86. The third-order valence-corrected chi connectivity index (χ3v) is 3.62. The van der Waals surface area contributed by atoms with Gasteiger partial charge in [0.2, 0.25) is 5.91 Å². The van der Waals surface area contributed by atoms with Crippen molar-refractivity contribution in [2.24, 2.45) is 0 Å². The number of rotatable bonds is 5. The normalized spacial score (nSPS) is 11.9. The lowest BCUT2D eigenvalue weighted by atomic mass is 10.1. The van der Waals surface area contributed by atoms with E-state index in [-0.39, 0.29) is 5.91 Å². The number of benzene rings is 2. The van der Waals surface area contributed by atoms with Gasteiger partial charge in [-0.3, -0.25) is 4.79 Å². The second kappa shape index (κ2) is 7.02. The van der Waals surface area contributed by atoms with Gasteiger partial charge < -0.3 is 5.32 Å². The molecule has 0 saturated heterocycles. The summed E-state index contributed by atoms with van der Waals surface area (Å²) in [5, 5.41) is 14.6. The molecule has 0 saturated carbocycles. The number of carbonyl (C=O) groups excluding carboxylic acids is 1. The molecule has 0 radical (unpaired) electrons. The highest BCUT2D eigenvalue weighted by Gasteiger charge is 2.22. The first kappa shape index (κ1) is 15.2. The highest BCUT2D eigenvalue weighted by molar-refractivity contribution is 6.30. The van der Waals surface area contributed by atoms with Gasteiger partial charge in [-0.15, -0.1) is 5.10 Å². The summed E-state index contributed by atoms with van der Waals surface area (Å²) in [6.45, 7) is 0. The van der Waals surface area contributed by atoms with Gasteiger partial charge in [0.1, 0.15) is 12.4 Å². The third-order valence-electron chi connectivity index (χ3n) is 3.37. The Bertz CT molecular complexity index is 759. The van der Waals surface area contributed by atoms with E-state index in [0.29, 0.717) is 17.1 Å². The minimum Gasteiger partial charge on any atom is -0.324 e. The Morgan fingerprint density at radius 1 is 1.13 bits per heavy atom. The molecule has 1 atom stereocenters. The summed E-state index contributed by atoms with van der Waals surface area (Å²) in [4.78, 5) is 12.6. The van der Waals surface area contributed by atoms with Crippen LogP contribution in [0.1, 0.15) is 11.6 Å². The van der Waals surface area contributed by atoms with Crippen molar-refractivity contribution >= 4 is 23.2 Å². The van der Waals surface area contributed by atoms with Gasteiger partial charge in [-0.05, 0) is 40.3 Å². The predicted molar refractivity (Wildman–Crippen MR) is 87.1 cm³/mol. The van der Waals surface area contributed by atoms with Gasteiger partial charge in [-0.2, -0.15) is 0 Å². The van der Waals surface area contributed by atoms with E-state index in [0.717, 1.165) is 5.56 Å². The Hall–Kier alpha value is -2.73. The van der Waals surface area contributed by atoms with E-state index in [1.54, 1.807) is 24.3 Å². The highest BCUT2D eigenvalue weighted by atomic mass is 35.5. The molecule has 1 heterocycles. The van der Waals surface area contributed by atoms with E-state index in [1.807, 2.05) is 30.3 Å². The van der Waals surface area contributed by atoms with Crippen molar-refractivity contribution in [3.63, 3.8) is 0 Å². The standard InChI is InChI=1S/C16H14ClN5O/c17-13-6-8-14(9-7-13)19-16(23)15(22-11-18-20-21-22)10-12-4-2-1-3-5-12/h1-9,11,15H,10H2,(H,19,23). The maximum Gasteiger partial charge on any atom is 0.249 e. The van der Waals surface area contributed by atoms with Crippen molar-refractivity contribution in [1.29, 1.82) is 0 Å². The van der Waals surface area contributed by atoms with Gasteiger partial charge in [0.05, 0.1) is 0 Å². The minimum atomic E-state index is -0.539. The molecule has 0 bridgehead atoms. The van der Waals surface area contributed by atoms with E-state index in [9.17, 15) is 4.79 Å². The van der Waals surface area contributed by atoms with Crippen LogP contribution in [0.4, 0.5) is 5.69 Å². The monoisotopic (exact) mass is 327 g/mol. The molecule has 7 heteroatoms. The molecule has 116 valence electrons. The number of anilines is 1. The summed E-state index contributed by atoms with van der Waals surface area (Å²) in [5.41, 5.74) is 1.70. The molecule has 0 spiro atoms. The van der Waals surface area contributed by atoms with Crippen molar-refractivity contribution < 1.29 is 4.79 Å². The topological polar surface area (TPSA) is 72.7 Å². The van der Waals surface area contributed by atoms with E-state index >= 15 is 0 Å². The zero-order valence-corrected chi connectivity index (χ0v) is 12.9. The maximum absolute atomic E-state index is 12.6. The van der Waals surface area contributed by atoms with Crippen LogP contribution in [-0.2, 0) is 11.2 Å². The van der Waals surface area contributed by atoms with Gasteiger partial charge in [-0.25, -0.2) is 4.68 Å². The summed E-state index contributed by atoms with van der Waals surface area (Å²) in [5.74, 6) is -0.191. The Morgan fingerprint density at radius 2 is 1.87 bits per heavy atom. The maximum atomic E-state index is 12.6. The molecule has 2 aromatic carbocycles. The number of hydrogen-bond acceptors (Lipinski definition) is 4. The molecule has 3 aromatic rings. The number of halogens is 1. The summed E-state index contributed by atoms with van der Waals surface area (Å²) < 4.78 is 1.46. The van der Waals surface area contributed by atoms with E-state index in [4.69, 9.17) is 11.6 Å². The van der Waals surface area contributed by atoms with Gasteiger partial charge in [0.15, 0.2) is 0 Å². The number of amides is 1. The molecule has 3 rings (SSSR count). The molecule has 1 aromatic heterocycles. The van der Waals surface area contributed by atoms with E-state index in [1.165, 1.54) is 11.0 Å². The van der Waals surface area contributed by atoms with Crippen molar-refractivity contribution in [2.45, 2.75) is 12.5 Å². The van der Waals surface area contributed by atoms with Crippen LogP contribution in [-0.4, -0.2) is 26.1 Å². The Kier molecular flexibility index (Phi) is 4.63.